The van der Waals surface area contributed by atoms with Crippen molar-refractivity contribution in [1.82, 2.24) is 9.88 Å². The van der Waals surface area contributed by atoms with Crippen LogP contribution in [-0.4, -0.2) is 24.0 Å². The molecule has 0 N–H and O–H groups in total. The van der Waals surface area contributed by atoms with Gasteiger partial charge in [-0.05, 0) is 14.1 Å². The van der Waals surface area contributed by atoms with Crippen molar-refractivity contribution in [3.8, 4) is 0 Å². The van der Waals surface area contributed by atoms with Crippen LogP contribution in [0.15, 0.2) is 0 Å². The monoisotopic (exact) mass is 244 g/mol. The third kappa shape index (κ3) is 3.47. The van der Waals surface area contributed by atoms with Crippen molar-refractivity contribution in [2.45, 2.75) is 38.5 Å². The molecule has 0 radical (unpaired) electrons. The van der Waals surface area contributed by atoms with Gasteiger partial charge in [0.2, 0.25) is 0 Å². The maximum atomic E-state index is 4.72. The summed E-state index contributed by atoms with van der Waals surface area (Å²) in [6.07, 6.45) is 0. The number of thiol groups is 1. The molecule has 86 valence electrons. The van der Waals surface area contributed by atoms with E-state index in [2.05, 4.69) is 52.4 Å². The summed E-state index contributed by atoms with van der Waals surface area (Å²) in [5.41, 5.74) is 1.33. The fraction of sp³-hybridized carbons (Fsp3) is 0.727. The minimum atomic E-state index is 0.124. The van der Waals surface area contributed by atoms with Crippen LogP contribution in [0, 0.1) is 0 Å². The largest absolute Gasteiger partial charge is 0.303 e. The normalized spacial score (nSPS) is 12.5. The van der Waals surface area contributed by atoms with E-state index in [0.29, 0.717) is 0 Å². The Balaban J connectivity index is 3.01. The third-order valence-corrected chi connectivity index (χ3v) is 3.62. The molecule has 15 heavy (non-hydrogen) atoms. The predicted molar refractivity (Wildman–Crippen MR) is 70.9 cm³/mol. The van der Waals surface area contributed by atoms with Gasteiger partial charge in [0, 0.05) is 22.6 Å². The lowest BCUT2D eigenvalue weighted by Gasteiger charge is -2.16. The Morgan fingerprint density at radius 2 is 1.93 bits per heavy atom. The van der Waals surface area contributed by atoms with Crippen LogP contribution in [0.5, 0.6) is 0 Å². The van der Waals surface area contributed by atoms with Crippen LogP contribution in [-0.2, 0) is 17.7 Å². The standard InChI is InChI=1S/C11H20N2S2/c1-11(2,3)10-8(7-14)15-9(12-10)6-13(4)5/h14H,6-7H2,1-5H3. The third-order valence-electron chi connectivity index (χ3n) is 2.05. The van der Waals surface area contributed by atoms with Gasteiger partial charge in [-0.25, -0.2) is 4.98 Å². The Kier molecular flexibility index (Phi) is 4.20. The van der Waals surface area contributed by atoms with Crippen LogP contribution in [0.2, 0.25) is 0 Å². The van der Waals surface area contributed by atoms with Crippen molar-refractivity contribution in [3.05, 3.63) is 15.6 Å². The first-order valence-electron chi connectivity index (χ1n) is 5.09. The average molecular weight is 244 g/mol. The van der Waals surface area contributed by atoms with E-state index in [1.165, 1.54) is 15.6 Å². The maximum absolute atomic E-state index is 4.72. The summed E-state index contributed by atoms with van der Waals surface area (Å²) in [4.78, 5) is 8.17. The molecule has 0 aliphatic carbocycles. The number of hydrogen-bond donors (Lipinski definition) is 1. The summed E-state index contributed by atoms with van der Waals surface area (Å²) < 4.78 is 0. The van der Waals surface area contributed by atoms with Gasteiger partial charge in [-0.2, -0.15) is 12.6 Å². The number of aromatic nitrogens is 1. The van der Waals surface area contributed by atoms with Gasteiger partial charge in [-0.15, -0.1) is 11.3 Å². The van der Waals surface area contributed by atoms with E-state index in [1.54, 1.807) is 11.3 Å². The van der Waals surface area contributed by atoms with Gasteiger partial charge in [0.1, 0.15) is 5.01 Å². The maximum Gasteiger partial charge on any atom is 0.107 e. The van der Waals surface area contributed by atoms with Gasteiger partial charge in [-0.1, -0.05) is 20.8 Å². The van der Waals surface area contributed by atoms with E-state index in [0.717, 1.165) is 12.3 Å². The zero-order chi connectivity index (χ0) is 11.6. The van der Waals surface area contributed by atoms with Gasteiger partial charge >= 0.3 is 0 Å². The second-order valence-corrected chi connectivity index (χ2v) is 6.51. The number of rotatable bonds is 3. The summed E-state index contributed by atoms with van der Waals surface area (Å²) >= 11 is 6.16. The molecule has 0 fully saturated rings. The minimum Gasteiger partial charge on any atom is -0.303 e. The van der Waals surface area contributed by atoms with E-state index in [1.807, 2.05) is 0 Å². The van der Waals surface area contributed by atoms with Crippen LogP contribution in [0.1, 0.15) is 36.3 Å². The Morgan fingerprint density at radius 1 is 1.33 bits per heavy atom. The number of nitrogens with zero attached hydrogens (tertiary/aromatic N) is 2. The van der Waals surface area contributed by atoms with Gasteiger partial charge in [0.15, 0.2) is 0 Å². The summed E-state index contributed by atoms with van der Waals surface area (Å²) in [5, 5.41) is 1.19. The van der Waals surface area contributed by atoms with E-state index in [4.69, 9.17) is 4.98 Å². The Labute approximate surface area is 102 Å². The molecule has 2 nitrogen and oxygen atoms in total. The second kappa shape index (κ2) is 4.85. The first-order valence-corrected chi connectivity index (χ1v) is 6.54. The lowest BCUT2D eigenvalue weighted by molar-refractivity contribution is 0.400. The van der Waals surface area contributed by atoms with Gasteiger partial charge in [0.25, 0.3) is 0 Å². The van der Waals surface area contributed by atoms with Crippen molar-refractivity contribution in [3.63, 3.8) is 0 Å². The van der Waals surface area contributed by atoms with Crippen molar-refractivity contribution < 1.29 is 0 Å². The highest BCUT2D eigenvalue weighted by molar-refractivity contribution is 7.79. The molecule has 0 aliphatic rings. The minimum absolute atomic E-state index is 0.124. The highest BCUT2D eigenvalue weighted by Gasteiger charge is 2.22. The molecule has 4 heteroatoms. The zero-order valence-corrected chi connectivity index (χ0v) is 11.9. The topological polar surface area (TPSA) is 16.1 Å². The first kappa shape index (κ1) is 13.0. The summed E-state index contributed by atoms with van der Waals surface area (Å²) in [7, 11) is 4.14. The van der Waals surface area contributed by atoms with Crippen molar-refractivity contribution in [1.29, 1.82) is 0 Å². The SMILES string of the molecule is CN(C)Cc1nc(C(C)(C)C)c(CS)s1. The van der Waals surface area contributed by atoms with Crippen molar-refractivity contribution in [2.24, 2.45) is 0 Å². The lowest BCUT2D eigenvalue weighted by atomic mass is 9.91. The second-order valence-electron chi connectivity index (χ2n) is 5.03. The molecule has 0 unspecified atom stereocenters. The summed E-state index contributed by atoms with van der Waals surface area (Å²) in [5.74, 6) is 0.789. The van der Waals surface area contributed by atoms with Crippen LogP contribution < -0.4 is 0 Å². The first-order chi connectivity index (χ1) is 6.84. The fourth-order valence-corrected chi connectivity index (χ4v) is 3.03. The fourth-order valence-electron chi connectivity index (χ4n) is 1.43. The molecule has 0 atom stereocenters. The number of hydrogen-bond acceptors (Lipinski definition) is 4. The molecular formula is C11H20N2S2. The van der Waals surface area contributed by atoms with Crippen LogP contribution in [0.3, 0.4) is 0 Å². The van der Waals surface area contributed by atoms with Gasteiger partial charge in [-0.3, -0.25) is 0 Å². The van der Waals surface area contributed by atoms with Crippen molar-refractivity contribution >= 4 is 24.0 Å². The predicted octanol–water partition coefficient (Wildman–Crippen LogP) is 2.93. The number of thiazole rings is 1. The Morgan fingerprint density at radius 3 is 2.27 bits per heavy atom. The molecule has 0 aliphatic heterocycles. The van der Waals surface area contributed by atoms with Crippen LogP contribution >= 0.6 is 24.0 Å². The Bertz CT molecular complexity index is 324. The van der Waals surface area contributed by atoms with Gasteiger partial charge in [0.05, 0.1) is 5.69 Å². The highest BCUT2D eigenvalue weighted by atomic mass is 32.1. The van der Waals surface area contributed by atoms with E-state index in [-0.39, 0.29) is 5.41 Å². The summed E-state index contributed by atoms with van der Waals surface area (Å²) in [6, 6.07) is 0. The highest BCUT2D eigenvalue weighted by Crippen LogP contribution is 2.30. The summed E-state index contributed by atoms with van der Waals surface area (Å²) in [6.45, 7) is 7.53. The zero-order valence-electron chi connectivity index (χ0n) is 10.2. The molecule has 0 aromatic carbocycles. The molecule has 1 aromatic rings. The molecule has 1 rings (SSSR count). The molecule has 0 amide bonds. The molecule has 0 bridgehead atoms. The lowest BCUT2D eigenvalue weighted by Crippen LogP contribution is -2.15. The smallest absolute Gasteiger partial charge is 0.107 e. The van der Waals surface area contributed by atoms with E-state index >= 15 is 0 Å². The molecular weight excluding hydrogens is 224 g/mol. The average Bonchev–Trinajstić information content (AvgIpc) is 2.45. The molecule has 0 spiro atoms. The van der Waals surface area contributed by atoms with E-state index in [9.17, 15) is 0 Å². The van der Waals surface area contributed by atoms with Crippen LogP contribution in [0.4, 0.5) is 0 Å². The van der Waals surface area contributed by atoms with E-state index < -0.39 is 0 Å². The Hall–Kier alpha value is -0.0600. The van der Waals surface area contributed by atoms with Gasteiger partial charge < -0.3 is 4.90 Å². The molecule has 0 saturated heterocycles. The molecule has 0 saturated carbocycles. The van der Waals surface area contributed by atoms with Crippen LogP contribution in [0.25, 0.3) is 0 Å². The van der Waals surface area contributed by atoms with Crippen molar-refractivity contribution in [2.75, 3.05) is 14.1 Å². The molecule has 1 aromatic heterocycles. The molecule has 1 heterocycles. The quantitative estimate of drug-likeness (QED) is 0.823.